The van der Waals surface area contributed by atoms with E-state index in [1.165, 1.54) is 0 Å². The second kappa shape index (κ2) is 8.54. The fourth-order valence-corrected chi connectivity index (χ4v) is 3.86. The molecule has 2 atom stereocenters. The van der Waals surface area contributed by atoms with Crippen LogP contribution in [0.15, 0.2) is 78.9 Å². The molecule has 3 aromatic rings. The molecule has 1 aliphatic carbocycles. The first-order valence-electron chi connectivity index (χ1n) is 10.3. The molecule has 1 saturated carbocycles. The third kappa shape index (κ3) is 4.28. The van der Waals surface area contributed by atoms with E-state index in [-0.39, 0.29) is 23.7 Å². The Morgan fingerprint density at radius 2 is 1.43 bits per heavy atom. The average molecular weight is 399 g/mol. The zero-order valence-electron chi connectivity index (χ0n) is 17.3. The molecule has 0 aliphatic heterocycles. The Morgan fingerprint density at radius 3 is 2.07 bits per heavy atom. The zero-order valence-corrected chi connectivity index (χ0v) is 17.3. The summed E-state index contributed by atoms with van der Waals surface area (Å²) in [6.45, 7) is 4.45. The third-order valence-corrected chi connectivity index (χ3v) is 5.69. The highest BCUT2D eigenvalue weighted by molar-refractivity contribution is 6.04. The lowest BCUT2D eigenvalue weighted by atomic mass is 10.1. The lowest BCUT2D eigenvalue weighted by molar-refractivity contribution is -0.123. The van der Waals surface area contributed by atoms with Gasteiger partial charge in [-0.3, -0.25) is 9.59 Å². The second-order valence-corrected chi connectivity index (χ2v) is 7.95. The van der Waals surface area contributed by atoms with E-state index in [9.17, 15) is 9.59 Å². The van der Waals surface area contributed by atoms with Gasteiger partial charge in [-0.15, -0.1) is 0 Å². The predicted molar refractivity (Wildman–Crippen MR) is 120 cm³/mol. The summed E-state index contributed by atoms with van der Waals surface area (Å²) in [6, 6.07) is 25.6. The molecule has 0 radical (unpaired) electrons. The van der Waals surface area contributed by atoms with Gasteiger partial charge in [0.25, 0.3) is 0 Å². The van der Waals surface area contributed by atoms with Gasteiger partial charge in [-0.25, -0.2) is 0 Å². The van der Waals surface area contributed by atoms with Gasteiger partial charge in [0.1, 0.15) is 0 Å². The molecule has 2 amide bonds. The molecular weight excluding hydrogens is 372 g/mol. The maximum absolute atomic E-state index is 13.4. The van der Waals surface area contributed by atoms with Crippen molar-refractivity contribution in [2.45, 2.75) is 26.8 Å². The van der Waals surface area contributed by atoms with Crippen LogP contribution in [0.4, 0.5) is 11.4 Å². The normalized spacial score (nSPS) is 17.3. The van der Waals surface area contributed by atoms with Crippen molar-refractivity contribution in [2.24, 2.45) is 11.8 Å². The molecule has 4 rings (SSSR count). The third-order valence-electron chi connectivity index (χ3n) is 5.69. The van der Waals surface area contributed by atoms with Gasteiger partial charge in [-0.1, -0.05) is 66.7 Å². The van der Waals surface area contributed by atoms with Crippen LogP contribution >= 0.6 is 0 Å². The molecular formula is C26H26N2O2. The molecule has 0 spiro atoms. The SMILES string of the molecule is Cc1cccc(C)c1NC(=O)C1CC1C(=O)N(Cc1ccccc1)c1ccccc1. The smallest absolute Gasteiger partial charge is 0.231 e. The lowest BCUT2D eigenvalue weighted by Crippen LogP contribution is -2.33. The van der Waals surface area contributed by atoms with Crippen molar-refractivity contribution < 1.29 is 9.59 Å². The first kappa shape index (κ1) is 19.9. The Bertz CT molecular complexity index is 1030. The van der Waals surface area contributed by atoms with Gasteiger partial charge >= 0.3 is 0 Å². The Morgan fingerprint density at radius 1 is 0.833 bits per heavy atom. The summed E-state index contributed by atoms with van der Waals surface area (Å²) in [6.07, 6.45) is 0.591. The Kier molecular flexibility index (Phi) is 5.66. The van der Waals surface area contributed by atoms with Crippen molar-refractivity contribution >= 4 is 23.2 Å². The fourth-order valence-electron chi connectivity index (χ4n) is 3.86. The van der Waals surface area contributed by atoms with Crippen molar-refractivity contribution in [3.8, 4) is 0 Å². The van der Waals surface area contributed by atoms with Crippen LogP contribution in [0.3, 0.4) is 0 Å². The summed E-state index contributed by atoms with van der Waals surface area (Å²) >= 11 is 0. The average Bonchev–Trinajstić information content (AvgIpc) is 3.57. The largest absolute Gasteiger partial charge is 0.325 e. The van der Waals surface area contributed by atoms with Gasteiger partial charge in [0.2, 0.25) is 11.8 Å². The highest BCUT2D eigenvalue weighted by atomic mass is 16.2. The van der Waals surface area contributed by atoms with E-state index in [2.05, 4.69) is 5.32 Å². The van der Waals surface area contributed by atoms with Gasteiger partial charge in [0, 0.05) is 11.4 Å². The van der Waals surface area contributed by atoms with E-state index in [0.29, 0.717) is 13.0 Å². The molecule has 4 heteroatoms. The van der Waals surface area contributed by atoms with Crippen molar-refractivity contribution in [3.63, 3.8) is 0 Å². The highest BCUT2D eigenvalue weighted by Gasteiger charge is 2.49. The molecule has 1 N–H and O–H groups in total. The fraction of sp³-hybridized carbons (Fsp3) is 0.231. The van der Waals surface area contributed by atoms with E-state index >= 15 is 0 Å². The van der Waals surface area contributed by atoms with Gasteiger partial charge in [0.15, 0.2) is 0 Å². The molecule has 0 bridgehead atoms. The molecule has 0 heterocycles. The summed E-state index contributed by atoms with van der Waals surface area (Å²) in [5, 5.41) is 3.04. The van der Waals surface area contributed by atoms with Crippen LogP contribution in [-0.4, -0.2) is 11.8 Å². The van der Waals surface area contributed by atoms with Crippen molar-refractivity contribution in [2.75, 3.05) is 10.2 Å². The zero-order chi connectivity index (χ0) is 21.1. The number of hydrogen-bond acceptors (Lipinski definition) is 2. The van der Waals surface area contributed by atoms with Crippen LogP contribution in [0.5, 0.6) is 0 Å². The maximum Gasteiger partial charge on any atom is 0.231 e. The van der Waals surface area contributed by atoms with E-state index < -0.39 is 0 Å². The summed E-state index contributed by atoms with van der Waals surface area (Å²) in [5.41, 5.74) is 4.83. The number of rotatable bonds is 6. The molecule has 1 fully saturated rings. The van der Waals surface area contributed by atoms with E-state index in [1.54, 1.807) is 4.90 Å². The maximum atomic E-state index is 13.4. The lowest BCUT2D eigenvalue weighted by Gasteiger charge is -2.23. The minimum Gasteiger partial charge on any atom is -0.325 e. The van der Waals surface area contributed by atoms with Crippen LogP contribution in [0.25, 0.3) is 0 Å². The summed E-state index contributed by atoms with van der Waals surface area (Å²) < 4.78 is 0. The minimum absolute atomic E-state index is 0.00621. The number of benzene rings is 3. The van der Waals surface area contributed by atoms with Crippen LogP contribution in [0, 0.1) is 25.7 Å². The first-order valence-corrected chi connectivity index (χ1v) is 10.3. The number of anilines is 2. The van der Waals surface area contributed by atoms with Crippen LogP contribution < -0.4 is 10.2 Å². The van der Waals surface area contributed by atoms with Crippen LogP contribution in [0.2, 0.25) is 0 Å². The predicted octanol–water partition coefficient (Wildman–Crippen LogP) is 5.11. The van der Waals surface area contributed by atoms with Crippen molar-refractivity contribution in [1.29, 1.82) is 0 Å². The number of carbonyl (C=O) groups is 2. The minimum atomic E-state index is -0.279. The van der Waals surface area contributed by atoms with E-state index in [1.807, 2.05) is 92.7 Å². The molecule has 152 valence electrons. The van der Waals surface area contributed by atoms with Gasteiger partial charge in [0.05, 0.1) is 18.4 Å². The van der Waals surface area contributed by atoms with Crippen LogP contribution in [-0.2, 0) is 16.1 Å². The van der Waals surface area contributed by atoms with E-state index in [0.717, 1.165) is 28.1 Å². The molecule has 3 aromatic carbocycles. The van der Waals surface area contributed by atoms with Gasteiger partial charge in [-0.2, -0.15) is 0 Å². The monoisotopic (exact) mass is 398 g/mol. The van der Waals surface area contributed by atoms with Gasteiger partial charge in [-0.05, 0) is 49.1 Å². The van der Waals surface area contributed by atoms with Crippen molar-refractivity contribution in [1.82, 2.24) is 0 Å². The number of para-hydroxylation sites is 2. The number of nitrogens with zero attached hydrogens (tertiary/aromatic N) is 1. The summed E-state index contributed by atoms with van der Waals surface area (Å²) in [4.78, 5) is 28.0. The molecule has 0 aromatic heterocycles. The number of hydrogen-bond donors (Lipinski definition) is 1. The Balaban J connectivity index is 1.49. The topological polar surface area (TPSA) is 49.4 Å². The summed E-state index contributed by atoms with van der Waals surface area (Å²) in [7, 11) is 0. The highest BCUT2D eigenvalue weighted by Crippen LogP contribution is 2.42. The Labute approximate surface area is 177 Å². The molecule has 0 saturated heterocycles. The van der Waals surface area contributed by atoms with Crippen LogP contribution in [0.1, 0.15) is 23.1 Å². The quantitative estimate of drug-likeness (QED) is 0.627. The van der Waals surface area contributed by atoms with Gasteiger partial charge < -0.3 is 10.2 Å². The molecule has 2 unspecified atom stereocenters. The molecule has 30 heavy (non-hydrogen) atoms. The number of aryl methyl sites for hydroxylation is 2. The summed E-state index contributed by atoms with van der Waals surface area (Å²) in [5.74, 6) is -0.623. The number of carbonyl (C=O) groups excluding carboxylic acids is 2. The van der Waals surface area contributed by atoms with Crippen molar-refractivity contribution in [3.05, 3.63) is 95.6 Å². The second-order valence-electron chi connectivity index (χ2n) is 7.95. The molecule has 1 aliphatic rings. The number of amides is 2. The Hall–Kier alpha value is -3.40. The molecule has 4 nitrogen and oxygen atoms in total. The van der Waals surface area contributed by atoms with E-state index in [4.69, 9.17) is 0 Å². The first-order chi connectivity index (χ1) is 14.5. The standard InChI is InChI=1S/C26H26N2O2/c1-18-10-9-11-19(2)24(18)27-25(29)22-16-23(22)26(30)28(21-14-7-4-8-15-21)17-20-12-5-3-6-13-20/h3-15,22-23H,16-17H2,1-2H3,(H,27,29). The number of nitrogens with one attached hydrogen (secondary N) is 1.